The highest BCUT2D eigenvalue weighted by Crippen LogP contribution is 2.32. The average molecular weight is 467 g/mol. The molecule has 0 fully saturated rings. The number of carbonyl (C=O) groups is 1. The summed E-state index contributed by atoms with van der Waals surface area (Å²) < 4.78 is 11.6. The van der Waals surface area contributed by atoms with Gasteiger partial charge in [0.2, 0.25) is 5.90 Å². The number of benzene rings is 2. The second kappa shape index (κ2) is 11.7. The van der Waals surface area contributed by atoms with Crippen LogP contribution in [-0.2, 0) is 16.1 Å². The van der Waals surface area contributed by atoms with E-state index in [9.17, 15) is 4.79 Å². The normalized spacial score (nSPS) is 19.2. The first-order chi connectivity index (χ1) is 16.4. The molecule has 0 saturated carbocycles. The van der Waals surface area contributed by atoms with Crippen molar-refractivity contribution in [2.24, 2.45) is 4.99 Å². The third-order valence-electron chi connectivity index (χ3n) is 5.73. The molecule has 3 N–H and O–H groups in total. The number of aliphatic imine (C=N–C) groups is 1. The molecule has 3 rings (SSSR count). The standard InChI is InChI=1S/C26H34N4O4/c1-5-15-26(25(32)29-27-18-20-7-11-22(12-8-20)30(3)4)19(2)34-24(28-26)21-9-13-23(14-10-21)33-17-6-16-31/h5,7-14,19,27,31H,1,6,15-18H2,2-4H3,(H,29,32)/t19-,26-/m0/s1. The van der Waals surface area contributed by atoms with Crippen LogP contribution in [0.5, 0.6) is 5.75 Å². The number of carbonyl (C=O) groups excluding carboxylic acids is 1. The van der Waals surface area contributed by atoms with Crippen molar-refractivity contribution in [2.45, 2.75) is 38.0 Å². The number of nitrogens with one attached hydrogen (secondary N) is 2. The van der Waals surface area contributed by atoms with Crippen LogP contribution in [-0.4, -0.2) is 55.9 Å². The molecule has 182 valence electrons. The summed E-state index contributed by atoms with van der Waals surface area (Å²) in [5, 5.41) is 8.88. The molecule has 2 aromatic rings. The SMILES string of the molecule is C=CC[C@]1(C(=O)NNCc2ccc(N(C)C)cc2)N=C(c2ccc(OCCCO)cc2)O[C@H]1C. The Balaban J connectivity index is 1.67. The molecule has 1 amide bonds. The van der Waals surface area contributed by atoms with Crippen LogP contribution in [0, 0.1) is 0 Å². The first kappa shape index (κ1) is 25.3. The molecule has 0 aliphatic carbocycles. The van der Waals surface area contributed by atoms with Gasteiger partial charge in [0.25, 0.3) is 5.91 Å². The van der Waals surface area contributed by atoms with Crippen molar-refractivity contribution in [3.8, 4) is 5.75 Å². The first-order valence-electron chi connectivity index (χ1n) is 11.4. The van der Waals surface area contributed by atoms with E-state index < -0.39 is 11.6 Å². The topological polar surface area (TPSA) is 95.4 Å². The minimum Gasteiger partial charge on any atom is -0.494 e. The number of nitrogens with zero attached hydrogens (tertiary/aromatic N) is 2. The summed E-state index contributed by atoms with van der Waals surface area (Å²) in [6, 6.07) is 15.4. The maximum Gasteiger partial charge on any atom is 0.266 e. The lowest BCUT2D eigenvalue weighted by Crippen LogP contribution is -2.54. The highest BCUT2D eigenvalue weighted by Gasteiger charge is 2.49. The minimum absolute atomic E-state index is 0.0889. The number of hydrogen-bond acceptors (Lipinski definition) is 7. The lowest BCUT2D eigenvalue weighted by Gasteiger charge is -2.26. The fourth-order valence-corrected chi connectivity index (χ4v) is 3.65. The van der Waals surface area contributed by atoms with E-state index in [1.807, 2.05) is 74.4 Å². The number of amides is 1. The molecule has 8 heteroatoms. The zero-order valence-corrected chi connectivity index (χ0v) is 20.1. The lowest BCUT2D eigenvalue weighted by atomic mass is 9.90. The van der Waals surface area contributed by atoms with Gasteiger partial charge in [0, 0.05) is 51.3 Å². The maximum absolute atomic E-state index is 13.2. The summed E-state index contributed by atoms with van der Waals surface area (Å²) >= 11 is 0. The van der Waals surface area contributed by atoms with Gasteiger partial charge in [-0.1, -0.05) is 18.2 Å². The van der Waals surface area contributed by atoms with Crippen molar-refractivity contribution in [2.75, 3.05) is 32.2 Å². The van der Waals surface area contributed by atoms with Crippen LogP contribution in [0.1, 0.15) is 30.9 Å². The van der Waals surface area contributed by atoms with E-state index in [1.54, 1.807) is 6.08 Å². The average Bonchev–Trinajstić information content (AvgIpc) is 3.17. The summed E-state index contributed by atoms with van der Waals surface area (Å²) in [4.78, 5) is 20.0. The van der Waals surface area contributed by atoms with Gasteiger partial charge in [-0.25, -0.2) is 10.4 Å². The molecule has 34 heavy (non-hydrogen) atoms. The largest absolute Gasteiger partial charge is 0.494 e. The molecular weight excluding hydrogens is 432 g/mol. The summed E-state index contributed by atoms with van der Waals surface area (Å²) in [7, 11) is 3.99. The highest BCUT2D eigenvalue weighted by atomic mass is 16.5. The van der Waals surface area contributed by atoms with Gasteiger partial charge in [0.15, 0.2) is 5.54 Å². The predicted molar refractivity (Wildman–Crippen MR) is 134 cm³/mol. The summed E-state index contributed by atoms with van der Waals surface area (Å²) in [5.74, 6) is 0.830. The molecule has 0 saturated heterocycles. The number of hydrazine groups is 1. The van der Waals surface area contributed by atoms with Gasteiger partial charge < -0.3 is 19.5 Å². The third kappa shape index (κ3) is 5.95. The number of aliphatic hydroxyl groups excluding tert-OH is 1. The monoisotopic (exact) mass is 466 g/mol. The Bertz CT molecular complexity index is 989. The Morgan fingerprint density at radius 2 is 1.94 bits per heavy atom. The molecule has 1 heterocycles. The first-order valence-corrected chi connectivity index (χ1v) is 11.4. The number of aliphatic hydroxyl groups is 1. The van der Waals surface area contributed by atoms with Crippen LogP contribution in [0.4, 0.5) is 5.69 Å². The van der Waals surface area contributed by atoms with Crippen LogP contribution >= 0.6 is 0 Å². The van der Waals surface area contributed by atoms with Gasteiger partial charge in [-0.2, -0.15) is 0 Å². The molecule has 1 aliphatic heterocycles. The molecule has 2 atom stereocenters. The van der Waals surface area contributed by atoms with E-state index in [0.717, 1.165) is 16.8 Å². The Kier molecular flexibility index (Phi) is 8.67. The minimum atomic E-state index is -1.12. The molecule has 0 unspecified atom stereocenters. The van der Waals surface area contributed by atoms with E-state index in [2.05, 4.69) is 17.4 Å². The van der Waals surface area contributed by atoms with Crippen LogP contribution < -0.4 is 20.5 Å². The van der Waals surface area contributed by atoms with Gasteiger partial charge in [0.05, 0.1) is 6.61 Å². The molecule has 0 spiro atoms. The number of hydrogen-bond donors (Lipinski definition) is 3. The van der Waals surface area contributed by atoms with Crippen molar-refractivity contribution in [1.82, 2.24) is 10.9 Å². The summed E-state index contributed by atoms with van der Waals surface area (Å²) in [6.07, 6.45) is 2.13. The van der Waals surface area contributed by atoms with Crippen LogP contribution in [0.25, 0.3) is 0 Å². The van der Waals surface area contributed by atoms with Crippen molar-refractivity contribution in [3.05, 3.63) is 72.3 Å². The fraction of sp³-hybridized carbons (Fsp3) is 0.385. The Hall–Kier alpha value is -3.36. The maximum atomic E-state index is 13.2. The van der Waals surface area contributed by atoms with E-state index in [1.165, 1.54) is 0 Å². The van der Waals surface area contributed by atoms with E-state index in [0.29, 0.717) is 37.6 Å². The van der Waals surface area contributed by atoms with Gasteiger partial charge in [0.1, 0.15) is 11.9 Å². The van der Waals surface area contributed by atoms with Crippen LogP contribution in [0.2, 0.25) is 0 Å². The third-order valence-corrected chi connectivity index (χ3v) is 5.73. The lowest BCUT2D eigenvalue weighted by molar-refractivity contribution is -0.129. The van der Waals surface area contributed by atoms with E-state index in [4.69, 9.17) is 19.6 Å². The fourth-order valence-electron chi connectivity index (χ4n) is 3.65. The van der Waals surface area contributed by atoms with E-state index >= 15 is 0 Å². The van der Waals surface area contributed by atoms with Crippen LogP contribution in [0.15, 0.2) is 66.2 Å². The summed E-state index contributed by atoms with van der Waals surface area (Å²) in [6.45, 7) is 6.67. The molecule has 1 aliphatic rings. The molecule has 0 bridgehead atoms. The van der Waals surface area contributed by atoms with E-state index in [-0.39, 0.29) is 12.5 Å². The number of ether oxygens (including phenoxy) is 2. The second-order valence-electron chi connectivity index (χ2n) is 8.41. The van der Waals surface area contributed by atoms with Crippen LogP contribution in [0.3, 0.4) is 0 Å². The molecule has 0 aromatic heterocycles. The molecule has 2 aromatic carbocycles. The molecular formula is C26H34N4O4. The molecule has 0 radical (unpaired) electrons. The Morgan fingerprint density at radius 1 is 1.24 bits per heavy atom. The summed E-state index contributed by atoms with van der Waals surface area (Å²) in [5.41, 5.74) is 7.61. The zero-order valence-electron chi connectivity index (χ0n) is 20.1. The van der Waals surface area contributed by atoms with Gasteiger partial charge in [-0.15, -0.1) is 6.58 Å². The molecule has 8 nitrogen and oxygen atoms in total. The van der Waals surface area contributed by atoms with Gasteiger partial charge in [-0.05, 0) is 48.9 Å². The zero-order chi connectivity index (χ0) is 24.6. The smallest absolute Gasteiger partial charge is 0.266 e. The second-order valence-corrected chi connectivity index (χ2v) is 8.41. The Morgan fingerprint density at radius 3 is 2.56 bits per heavy atom. The van der Waals surface area contributed by atoms with Gasteiger partial charge >= 0.3 is 0 Å². The quantitative estimate of drug-likeness (QED) is 0.253. The highest BCUT2D eigenvalue weighted by molar-refractivity contribution is 6.00. The number of rotatable bonds is 12. The van der Waals surface area contributed by atoms with Gasteiger partial charge in [-0.3, -0.25) is 10.2 Å². The Labute approximate surface area is 201 Å². The van der Waals surface area contributed by atoms with Crippen molar-refractivity contribution in [1.29, 1.82) is 0 Å². The van der Waals surface area contributed by atoms with Crippen molar-refractivity contribution in [3.63, 3.8) is 0 Å². The van der Waals surface area contributed by atoms with Crippen molar-refractivity contribution < 1.29 is 19.4 Å². The predicted octanol–water partition coefficient (Wildman–Crippen LogP) is 2.82. The van der Waals surface area contributed by atoms with Crippen molar-refractivity contribution >= 4 is 17.5 Å². The number of anilines is 1.